The number of nitrogens with zero attached hydrogens (tertiary/aromatic N) is 2. The van der Waals surface area contributed by atoms with Crippen molar-refractivity contribution >= 4 is 23.4 Å². The maximum absolute atomic E-state index is 12.8. The lowest BCUT2D eigenvalue weighted by molar-refractivity contribution is -0.140. The summed E-state index contributed by atoms with van der Waals surface area (Å²) in [5.74, 6) is -1.88. The fourth-order valence-corrected chi connectivity index (χ4v) is 3.14. The van der Waals surface area contributed by atoms with Crippen molar-refractivity contribution in [2.45, 2.75) is 39.4 Å². The van der Waals surface area contributed by atoms with Gasteiger partial charge in [-0.1, -0.05) is 23.8 Å². The van der Waals surface area contributed by atoms with Gasteiger partial charge in [-0.15, -0.1) is 0 Å². The molecule has 0 spiro atoms. The summed E-state index contributed by atoms with van der Waals surface area (Å²) in [6, 6.07) is 10.1. The molecule has 0 saturated carbocycles. The van der Waals surface area contributed by atoms with Crippen molar-refractivity contribution in [3.05, 3.63) is 59.4 Å². The summed E-state index contributed by atoms with van der Waals surface area (Å²) in [4.78, 5) is 43.0. The van der Waals surface area contributed by atoms with Crippen molar-refractivity contribution in [2.24, 2.45) is 0 Å². The van der Waals surface area contributed by atoms with Gasteiger partial charge in [0, 0.05) is 23.5 Å². The lowest BCUT2D eigenvalue weighted by Crippen LogP contribution is -2.45. The summed E-state index contributed by atoms with van der Waals surface area (Å²) in [5.41, 5.74) is 3.09. The molecule has 1 aliphatic heterocycles. The molecule has 2 N–H and O–H groups in total. The average Bonchev–Trinajstić information content (AvgIpc) is 2.92. The van der Waals surface area contributed by atoms with E-state index < -0.39 is 17.9 Å². The van der Waals surface area contributed by atoms with E-state index in [0.717, 1.165) is 11.3 Å². The molecule has 27 heavy (non-hydrogen) atoms. The van der Waals surface area contributed by atoms with Gasteiger partial charge in [0.2, 0.25) is 0 Å². The van der Waals surface area contributed by atoms with Gasteiger partial charge in [-0.25, -0.2) is 0 Å². The second-order valence-corrected chi connectivity index (χ2v) is 6.77. The number of fused-ring (bicyclic) bond motifs is 1. The second-order valence-electron chi connectivity index (χ2n) is 6.77. The first-order valence-corrected chi connectivity index (χ1v) is 8.80. The van der Waals surface area contributed by atoms with Crippen LogP contribution in [0.25, 0.3) is 0 Å². The average molecular weight is 366 g/mol. The van der Waals surface area contributed by atoms with E-state index in [4.69, 9.17) is 0 Å². The van der Waals surface area contributed by atoms with Crippen LogP contribution in [0.4, 0.5) is 5.69 Å². The normalized spacial score (nSPS) is 15.6. The van der Waals surface area contributed by atoms with Crippen LogP contribution < -0.4 is 15.5 Å². The van der Waals surface area contributed by atoms with Crippen LogP contribution in [-0.2, 0) is 20.9 Å². The minimum atomic E-state index is -0.865. The zero-order valence-electron chi connectivity index (χ0n) is 15.5. The molecule has 0 saturated heterocycles. The van der Waals surface area contributed by atoms with Crippen molar-refractivity contribution in [2.75, 3.05) is 4.90 Å². The topological polar surface area (TPSA) is 91.4 Å². The summed E-state index contributed by atoms with van der Waals surface area (Å²) < 4.78 is 0. The molecule has 0 unspecified atom stereocenters. The summed E-state index contributed by atoms with van der Waals surface area (Å²) in [6.07, 6.45) is 1.61. The third kappa shape index (κ3) is 3.81. The largest absolute Gasteiger partial charge is 0.342 e. The number of anilines is 1. The van der Waals surface area contributed by atoms with Gasteiger partial charge in [-0.3, -0.25) is 19.4 Å². The van der Waals surface area contributed by atoms with Crippen LogP contribution in [0.3, 0.4) is 0 Å². The van der Waals surface area contributed by atoms with Crippen molar-refractivity contribution in [1.82, 2.24) is 15.6 Å². The summed E-state index contributed by atoms with van der Waals surface area (Å²) in [7, 11) is 0. The Hall–Kier alpha value is -3.22. The van der Waals surface area contributed by atoms with Gasteiger partial charge in [0.05, 0.1) is 12.2 Å². The molecule has 1 aromatic heterocycles. The molecule has 0 radical (unpaired) electrons. The van der Waals surface area contributed by atoms with Crippen LogP contribution in [0.2, 0.25) is 0 Å². The molecular weight excluding hydrogens is 344 g/mol. The summed E-state index contributed by atoms with van der Waals surface area (Å²) in [5, 5.41) is 5.09. The Morgan fingerprint density at radius 1 is 1.19 bits per heavy atom. The Kier molecular flexibility index (Phi) is 5.21. The number of amides is 3. The number of carbonyl (C=O) groups excluding carboxylic acids is 3. The number of nitrogens with one attached hydrogen (secondary N) is 2. The monoisotopic (exact) mass is 366 g/mol. The number of aromatic nitrogens is 1. The van der Waals surface area contributed by atoms with Gasteiger partial charge in [-0.05, 0) is 39.0 Å². The molecule has 140 valence electrons. The fourth-order valence-electron chi connectivity index (χ4n) is 3.14. The van der Waals surface area contributed by atoms with Crippen molar-refractivity contribution < 1.29 is 14.4 Å². The predicted molar refractivity (Wildman–Crippen MR) is 101 cm³/mol. The quantitative estimate of drug-likeness (QED) is 0.805. The first-order chi connectivity index (χ1) is 12.9. The Bertz CT molecular complexity index is 880. The zero-order valence-corrected chi connectivity index (χ0v) is 15.5. The molecule has 7 nitrogen and oxygen atoms in total. The van der Waals surface area contributed by atoms with Crippen molar-refractivity contribution in [3.63, 3.8) is 0 Å². The minimum absolute atomic E-state index is 0.0566. The van der Waals surface area contributed by atoms with Gasteiger partial charge in [-0.2, -0.15) is 0 Å². The van der Waals surface area contributed by atoms with Crippen LogP contribution in [0.1, 0.15) is 36.7 Å². The molecule has 7 heteroatoms. The fraction of sp³-hybridized carbons (Fsp3) is 0.300. The lowest BCUT2D eigenvalue weighted by atomic mass is 10.1. The maximum Gasteiger partial charge on any atom is 0.310 e. The van der Waals surface area contributed by atoms with E-state index in [-0.39, 0.29) is 18.5 Å². The Labute approximate surface area is 157 Å². The number of rotatable bonds is 4. The molecule has 0 fully saturated rings. The molecular formula is C20H22N4O3. The van der Waals surface area contributed by atoms with Gasteiger partial charge in [0.25, 0.3) is 5.91 Å². The maximum atomic E-state index is 12.8. The molecule has 3 amide bonds. The van der Waals surface area contributed by atoms with E-state index in [9.17, 15) is 14.4 Å². The van der Waals surface area contributed by atoms with E-state index in [1.165, 1.54) is 0 Å². The van der Waals surface area contributed by atoms with E-state index in [1.54, 1.807) is 29.3 Å². The minimum Gasteiger partial charge on any atom is -0.342 e. The number of carbonyl (C=O) groups is 3. The Balaban J connectivity index is 1.72. The van der Waals surface area contributed by atoms with E-state index >= 15 is 0 Å². The van der Waals surface area contributed by atoms with Crippen LogP contribution in [0.5, 0.6) is 0 Å². The number of benzene rings is 1. The SMILES string of the molecule is Cc1ccc2c(c1)[C@@H](NC(=O)C(=O)NCc1ccccn1)C(=O)N2C(C)C. The lowest BCUT2D eigenvalue weighted by Gasteiger charge is -2.22. The second kappa shape index (κ2) is 7.57. The molecule has 1 atom stereocenters. The zero-order chi connectivity index (χ0) is 19.6. The number of pyridine rings is 1. The van der Waals surface area contributed by atoms with Crippen molar-refractivity contribution in [3.8, 4) is 0 Å². The van der Waals surface area contributed by atoms with Gasteiger partial charge in [0.1, 0.15) is 6.04 Å². The molecule has 0 bridgehead atoms. The molecule has 2 aromatic rings. The third-order valence-electron chi connectivity index (χ3n) is 4.39. The molecule has 3 rings (SSSR count). The highest BCUT2D eigenvalue weighted by atomic mass is 16.2. The Morgan fingerprint density at radius 3 is 2.63 bits per heavy atom. The summed E-state index contributed by atoms with van der Waals surface area (Å²) >= 11 is 0. The van der Waals surface area contributed by atoms with Crippen LogP contribution in [-0.4, -0.2) is 28.7 Å². The van der Waals surface area contributed by atoms with Crippen LogP contribution in [0, 0.1) is 6.92 Å². The van der Waals surface area contributed by atoms with Gasteiger partial charge in [0.15, 0.2) is 0 Å². The van der Waals surface area contributed by atoms with E-state index in [2.05, 4.69) is 15.6 Å². The number of hydrogen-bond donors (Lipinski definition) is 2. The standard InChI is InChI=1S/C20H22N4O3/c1-12(2)24-16-8-7-13(3)10-15(16)17(20(24)27)23-19(26)18(25)22-11-14-6-4-5-9-21-14/h4-10,12,17H,11H2,1-3H3,(H,22,25)(H,23,26)/t17-/m1/s1. The molecule has 0 aliphatic carbocycles. The first kappa shape index (κ1) is 18.6. The van der Waals surface area contributed by atoms with Gasteiger partial charge >= 0.3 is 11.8 Å². The number of aryl methyl sites for hydroxylation is 1. The Morgan fingerprint density at radius 2 is 1.96 bits per heavy atom. The highest BCUT2D eigenvalue weighted by Crippen LogP contribution is 2.37. The highest BCUT2D eigenvalue weighted by Gasteiger charge is 2.40. The molecule has 1 aromatic carbocycles. The number of hydrogen-bond acceptors (Lipinski definition) is 4. The highest BCUT2D eigenvalue weighted by molar-refractivity contribution is 6.35. The van der Waals surface area contributed by atoms with Crippen LogP contribution in [0.15, 0.2) is 42.6 Å². The van der Waals surface area contributed by atoms with E-state index in [1.807, 2.05) is 39.0 Å². The van der Waals surface area contributed by atoms with Gasteiger partial charge < -0.3 is 15.5 Å². The van der Waals surface area contributed by atoms with Crippen molar-refractivity contribution in [1.29, 1.82) is 0 Å². The predicted octanol–water partition coefficient (Wildman–Crippen LogP) is 1.62. The molecule has 2 heterocycles. The summed E-state index contributed by atoms with van der Waals surface area (Å²) in [6.45, 7) is 5.87. The first-order valence-electron chi connectivity index (χ1n) is 8.80. The van der Waals surface area contributed by atoms with Crippen LogP contribution >= 0.6 is 0 Å². The third-order valence-corrected chi connectivity index (χ3v) is 4.39. The smallest absolute Gasteiger partial charge is 0.310 e. The van der Waals surface area contributed by atoms with E-state index in [0.29, 0.717) is 11.3 Å². The molecule has 1 aliphatic rings.